The van der Waals surface area contributed by atoms with Crippen molar-refractivity contribution in [2.24, 2.45) is 5.10 Å². The Morgan fingerprint density at radius 1 is 1.00 bits per heavy atom. The molecule has 4 rings (SSSR count). The van der Waals surface area contributed by atoms with Crippen molar-refractivity contribution < 1.29 is 19.1 Å². The number of H-pyrrole nitrogens is 1. The molecule has 30 heavy (non-hydrogen) atoms. The number of benzene rings is 2. The fourth-order valence-electron chi connectivity index (χ4n) is 2.76. The Hall–Kier alpha value is -4.33. The minimum atomic E-state index is -0.570. The molecule has 3 N–H and O–H groups in total. The van der Waals surface area contributed by atoms with Crippen LogP contribution < -0.4 is 20.2 Å². The van der Waals surface area contributed by atoms with Gasteiger partial charge in [0.2, 0.25) is 6.79 Å². The second kappa shape index (κ2) is 8.78. The van der Waals surface area contributed by atoms with Gasteiger partial charge in [-0.1, -0.05) is 24.3 Å². The molecule has 0 radical (unpaired) electrons. The summed E-state index contributed by atoms with van der Waals surface area (Å²) in [6, 6.07) is 17.5. The first-order chi connectivity index (χ1) is 14.7. The van der Waals surface area contributed by atoms with Crippen LogP contribution in [0.25, 0.3) is 6.08 Å². The number of rotatable bonds is 6. The molecule has 8 heteroatoms. The SMILES string of the molecule is O=C(N/N=C/c1ccc[nH]1)/C(=C\c1ccc2c(c1)OCO2)NC(=O)c1ccccc1. The molecule has 0 spiro atoms. The molecule has 0 atom stereocenters. The van der Waals surface area contributed by atoms with E-state index in [-0.39, 0.29) is 12.5 Å². The van der Waals surface area contributed by atoms with E-state index in [9.17, 15) is 9.59 Å². The molecule has 8 nitrogen and oxygen atoms in total. The smallest absolute Gasteiger partial charge is 0.287 e. The number of ether oxygens (including phenoxy) is 2. The molecule has 0 unspecified atom stereocenters. The summed E-state index contributed by atoms with van der Waals surface area (Å²) in [6.45, 7) is 0.147. The second-order valence-corrected chi connectivity index (χ2v) is 6.32. The zero-order valence-corrected chi connectivity index (χ0v) is 15.8. The maximum atomic E-state index is 12.7. The van der Waals surface area contributed by atoms with E-state index in [1.807, 2.05) is 12.1 Å². The molecule has 1 aliphatic heterocycles. The molecule has 3 aromatic rings. The molecule has 2 amide bonds. The number of nitrogens with one attached hydrogen (secondary N) is 3. The number of aromatic amines is 1. The highest BCUT2D eigenvalue weighted by Crippen LogP contribution is 2.33. The zero-order valence-electron chi connectivity index (χ0n) is 15.8. The van der Waals surface area contributed by atoms with Gasteiger partial charge in [0, 0.05) is 11.8 Å². The summed E-state index contributed by atoms with van der Waals surface area (Å²) >= 11 is 0. The van der Waals surface area contributed by atoms with Crippen LogP contribution in [0.3, 0.4) is 0 Å². The summed E-state index contributed by atoms with van der Waals surface area (Å²) < 4.78 is 10.7. The summed E-state index contributed by atoms with van der Waals surface area (Å²) in [5.74, 6) is 0.218. The summed E-state index contributed by atoms with van der Waals surface area (Å²) in [5.41, 5.74) is 4.27. The van der Waals surface area contributed by atoms with E-state index in [0.717, 1.165) is 5.69 Å². The number of carbonyl (C=O) groups excluding carboxylic acids is 2. The summed E-state index contributed by atoms with van der Waals surface area (Å²) in [4.78, 5) is 28.2. The van der Waals surface area contributed by atoms with Crippen molar-refractivity contribution in [1.29, 1.82) is 0 Å². The first-order valence-electron chi connectivity index (χ1n) is 9.13. The van der Waals surface area contributed by atoms with Gasteiger partial charge >= 0.3 is 0 Å². The lowest BCUT2D eigenvalue weighted by Gasteiger charge is -2.09. The summed E-state index contributed by atoms with van der Waals surface area (Å²) in [6.07, 6.45) is 4.76. The Labute approximate surface area is 172 Å². The fourth-order valence-corrected chi connectivity index (χ4v) is 2.76. The zero-order chi connectivity index (χ0) is 20.8. The van der Waals surface area contributed by atoms with Gasteiger partial charge in [-0.15, -0.1) is 0 Å². The predicted molar refractivity (Wildman–Crippen MR) is 111 cm³/mol. The number of nitrogens with zero attached hydrogens (tertiary/aromatic N) is 1. The van der Waals surface area contributed by atoms with Crippen molar-refractivity contribution in [3.05, 3.63) is 89.4 Å². The summed E-state index contributed by atoms with van der Waals surface area (Å²) in [7, 11) is 0. The van der Waals surface area contributed by atoms with Gasteiger partial charge in [-0.2, -0.15) is 5.10 Å². The van der Waals surface area contributed by atoms with Gasteiger partial charge in [-0.3, -0.25) is 9.59 Å². The average Bonchev–Trinajstić information content (AvgIpc) is 3.45. The van der Waals surface area contributed by atoms with Crippen LogP contribution in [0, 0.1) is 0 Å². The largest absolute Gasteiger partial charge is 0.454 e. The minimum Gasteiger partial charge on any atom is -0.454 e. The Morgan fingerprint density at radius 2 is 1.83 bits per heavy atom. The highest BCUT2D eigenvalue weighted by molar-refractivity contribution is 6.05. The van der Waals surface area contributed by atoms with Gasteiger partial charge in [0.15, 0.2) is 11.5 Å². The molecule has 0 saturated heterocycles. The third-order valence-corrected chi connectivity index (χ3v) is 4.23. The lowest BCUT2D eigenvalue weighted by Crippen LogP contribution is -2.32. The third kappa shape index (κ3) is 4.56. The van der Waals surface area contributed by atoms with Crippen molar-refractivity contribution >= 4 is 24.1 Å². The monoisotopic (exact) mass is 402 g/mol. The van der Waals surface area contributed by atoms with Crippen LogP contribution in [-0.4, -0.2) is 29.8 Å². The lowest BCUT2D eigenvalue weighted by atomic mass is 10.1. The molecule has 0 aliphatic carbocycles. The van der Waals surface area contributed by atoms with Gasteiger partial charge in [-0.05, 0) is 48.0 Å². The van der Waals surface area contributed by atoms with E-state index in [1.54, 1.807) is 60.8 Å². The van der Waals surface area contributed by atoms with E-state index < -0.39 is 11.8 Å². The van der Waals surface area contributed by atoms with Crippen molar-refractivity contribution in [3.8, 4) is 11.5 Å². The van der Waals surface area contributed by atoms with E-state index in [2.05, 4.69) is 20.8 Å². The number of hydrogen-bond acceptors (Lipinski definition) is 5. The van der Waals surface area contributed by atoms with Gasteiger partial charge in [-0.25, -0.2) is 5.43 Å². The van der Waals surface area contributed by atoms with Crippen molar-refractivity contribution in [2.75, 3.05) is 6.79 Å². The Balaban J connectivity index is 1.56. The quantitative estimate of drug-likeness (QED) is 0.335. The Kier molecular flexibility index (Phi) is 5.56. The Bertz CT molecular complexity index is 1110. The van der Waals surface area contributed by atoms with Crippen LogP contribution in [0.1, 0.15) is 21.6 Å². The topological polar surface area (TPSA) is 105 Å². The molecule has 0 bridgehead atoms. The molecule has 150 valence electrons. The average molecular weight is 402 g/mol. The van der Waals surface area contributed by atoms with Crippen LogP contribution in [0.2, 0.25) is 0 Å². The number of hydrogen-bond donors (Lipinski definition) is 3. The maximum absolute atomic E-state index is 12.7. The molecule has 1 aliphatic rings. The molecular weight excluding hydrogens is 384 g/mol. The maximum Gasteiger partial charge on any atom is 0.287 e. The molecule has 0 saturated carbocycles. The van der Waals surface area contributed by atoms with Crippen LogP contribution in [0.15, 0.2) is 77.7 Å². The highest BCUT2D eigenvalue weighted by Gasteiger charge is 2.16. The number of fused-ring (bicyclic) bond motifs is 1. The highest BCUT2D eigenvalue weighted by atomic mass is 16.7. The molecular formula is C22H18N4O4. The first-order valence-corrected chi connectivity index (χ1v) is 9.13. The number of hydrazone groups is 1. The number of amides is 2. The van der Waals surface area contributed by atoms with Gasteiger partial charge in [0.25, 0.3) is 11.8 Å². The Morgan fingerprint density at radius 3 is 2.63 bits per heavy atom. The van der Waals surface area contributed by atoms with Gasteiger partial charge in [0.05, 0.1) is 11.9 Å². The molecule has 2 aromatic carbocycles. The first kappa shape index (κ1) is 19.0. The van der Waals surface area contributed by atoms with Gasteiger partial charge in [0.1, 0.15) is 5.70 Å². The molecule has 2 heterocycles. The summed E-state index contributed by atoms with van der Waals surface area (Å²) in [5, 5.41) is 6.57. The number of aromatic nitrogens is 1. The number of carbonyl (C=O) groups is 2. The van der Waals surface area contributed by atoms with Crippen LogP contribution in [0.5, 0.6) is 11.5 Å². The van der Waals surface area contributed by atoms with Crippen LogP contribution >= 0.6 is 0 Å². The van der Waals surface area contributed by atoms with Crippen molar-refractivity contribution in [3.63, 3.8) is 0 Å². The van der Waals surface area contributed by atoms with Crippen molar-refractivity contribution in [2.45, 2.75) is 0 Å². The lowest BCUT2D eigenvalue weighted by molar-refractivity contribution is -0.117. The fraction of sp³-hybridized carbons (Fsp3) is 0.0455. The van der Waals surface area contributed by atoms with Gasteiger partial charge < -0.3 is 19.8 Å². The van der Waals surface area contributed by atoms with E-state index >= 15 is 0 Å². The molecule has 1 aromatic heterocycles. The van der Waals surface area contributed by atoms with Crippen LogP contribution in [0.4, 0.5) is 0 Å². The van der Waals surface area contributed by atoms with E-state index in [4.69, 9.17) is 9.47 Å². The van der Waals surface area contributed by atoms with E-state index in [1.165, 1.54) is 6.21 Å². The normalized spacial score (nSPS) is 12.7. The van der Waals surface area contributed by atoms with Crippen molar-refractivity contribution in [1.82, 2.24) is 15.7 Å². The second-order valence-electron chi connectivity index (χ2n) is 6.32. The minimum absolute atomic E-state index is 0.0337. The third-order valence-electron chi connectivity index (χ3n) is 4.23. The van der Waals surface area contributed by atoms with E-state index in [0.29, 0.717) is 22.6 Å². The molecule has 0 fully saturated rings. The standard InChI is InChI=1S/C22H18N4O4/c27-21(16-5-2-1-3-6-16)25-18(22(28)26-24-13-17-7-4-10-23-17)11-15-8-9-19-20(12-15)30-14-29-19/h1-13,23H,14H2,(H,25,27)(H,26,28)/b18-11+,24-13+. The predicted octanol–water partition coefficient (Wildman–Crippen LogP) is 2.66. The van der Waals surface area contributed by atoms with Crippen LogP contribution in [-0.2, 0) is 4.79 Å².